The van der Waals surface area contributed by atoms with Crippen LogP contribution in [0.5, 0.6) is 0 Å². The van der Waals surface area contributed by atoms with Gasteiger partial charge in [-0.3, -0.25) is 0 Å². The number of hydrogen-bond acceptors (Lipinski definition) is 3. The fraction of sp³-hybridized carbons (Fsp3) is 0.833. The molecule has 1 atom stereocenters. The second kappa shape index (κ2) is 5.99. The Morgan fingerprint density at radius 3 is 3.19 bits per heavy atom. The average molecular weight is 222 g/mol. The van der Waals surface area contributed by atoms with E-state index in [-0.39, 0.29) is 0 Å². The molecule has 1 N–H and O–H groups in total. The molecule has 2 heterocycles. The summed E-state index contributed by atoms with van der Waals surface area (Å²) in [6.45, 7) is 5.62. The van der Waals surface area contributed by atoms with E-state index in [1.807, 2.05) is 6.33 Å². The second-order valence-electron chi connectivity index (χ2n) is 4.71. The summed E-state index contributed by atoms with van der Waals surface area (Å²) >= 11 is 0. The van der Waals surface area contributed by atoms with Gasteiger partial charge in [-0.15, -0.1) is 10.2 Å². The molecule has 4 nitrogen and oxygen atoms in total. The quantitative estimate of drug-likeness (QED) is 0.744. The summed E-state index contributed by atoms with van der Waals surface area (Å²) in [6.07, 6.45) is 8.05. The summed E-state index contributed by atoms with van der Waals surface area (Å²) in [5.74, 6) is 1.93. The molecule has 90 valence electrons. The standard InChI is InChI=1S/C12H22N4/c1-2-3-4-7-16-10-14-15-12(16)8-11-5-6-13-9-11/h10-11,13H,2-9H2,1H3. The van der Waals surface area contributed by atoms with E-state index >= 15 is 0 Å². The Balaban J connectivity index is 1.85. The van der Waals surface area contributed by atoms with E-state index in [9.17, 15) is 0 Å². The predicted molar refractivity (Wildman–Crippen MR) is 64.2 cm³/mol. The van der Waals surface area contributed by atoms with E-state index in [4.69, 9.17) is 0 Å². The molecule has 2 rings (SSSR count). The molecular formula is C12H22N4. The molecule has 0 spiro atoms. The largest absolute Gasteiger partial charge is 0.318 e. The molecule has 16 heavy (non-hydrogen) atoms. The van der Waals surface area contributed by atoms with Crippen molar-refractivity contribution in [2.75, 3.05) is 13.1 Å². The van der Waals surface area contributed by atoms with E-state index in [0.29, 0.717) is 0 Å². The van der Waals surface area contributed by atoms with Crippen LogP contribution in [0.2, 0.25) is 0 Å². The highest BCUT2D eigenvalue weighted by Gasteiger charge is 2.17. The number of aromatic nitrogens is 3. The maximum atomic E-state index is 4.24. The lowest BCUT2D eigenvalue weighted by atomic mass is 10.0. The molecule has 0 radical (unpaired) electrons. The minimum Gasteiger partial charge on any atom is -0.318 e. The topological polar surface area (TPSA) is 42.7 Å². The van der Waals surface area contributed by atoms with Crippen molar-refractivity contribution >= 4 is 0 Å². The van der Waals surface area contributed by atoms with Crippen molar-refractivity contribution in [1.29, 1.82) is 0 Å². The van der Waals surface area contributed by atoms with Crippen molar-refractivity contribution in [2.24, 2.45) is 5.92 Å². The fourth-order valence-electron chi connectivity index (χ4n) is 2.30. The third-order valence-electron chi connectivity index (χ3n) is 3.33. The first-order chi connectivity index (χ1) is 7.90. The highest BCUT2D eigenvalue weighted by Crippen LogP contribution is 2.14. The van der Waals surface area contributed by atoms with Gasteiger partial charge in [-0.2, -0.15) is 0 Å². The first-order valence-electron chi connectivity index (χ1n) is 6.47. The first kappa shape index (κ1) is 11.6. The Kier molecular flexibility index (Phi) is 4.34. The minimum atomic E-state index is 0.758. The van der Waals surface area contributed by atoms with Crippen molar-refractivity contribution in [3.63, 3.8) is 0 Å². The van der Waals surface area contributed by atoms with Gasteiger partial charge in [0.15, 0.2) is 0 Å². The lowest BCUT2D eigenvalue weighted by molar-refractivity contribution is 0.518. The summed E-state index contributed by atoms with van der Waals surface area (Å²) in [7, 11) is 0. The number of hydrogen-bond donors (Lipinski definition) is 1. The highest BCUT2D eigenvalue weighted by molar-refractivity contribution is 4.90. The number of nitrogens with one attached hydrogen (secondary N) is 1. The van der Waals surface area contributed by atoms with Crippen LogP contribution in [0.25, 0.3) is 0 Å². The Hall–Kier alpha value is -0.900. The minimum absolute atomic E-state index is 0.758. The van der Waals surface area contributed by atoms with Gasteiger partial charge in [-0.25, -0.2) is 0 Å². The number of nitrogens with zero attached hydrogens (tertiary/aromatic N) is 3. The van der Waals surface area contributed by atoms with Crippen LogP contribution >= 0.6 is 0 Å². The van der Waals surface area contributed by atoms with Crippen LogP contribution in [0.3, 0.4) is 0 Å². The molecular weight excluding hydrogens is 200 g/mol. The molecule has 1 aliphatic rings. The van der Waals surface area contributed by atoms with Crippen LogP contribution in [0, 0.1) is 5.92 Å². The van der Waals surface area contributed by atoms with Gasteiger partial charge in [-0.1, -0.05) is 19.8 Å². The zero-order chi connectivity index (χ0) is 11.2. The molecule has 4 heteroatoms. The average Bonchev–Trinajstić information content (AvgIpc) is 2.92. The lowest BCUT2D eigenvalue weighted by Gasteiger charge is -2.09. The summed E-state index contributed by atoms with van der Waals surface area (Å²) in [5.41, 5.74) is 0. The summed E-state index contributed by atoms with van der Waals surface area (Å²) in [5, 5.41) is 11.7. The SMILES string of the molecule is CCCCCn1cnnc1CC1CCNC1. The second-order valence-corrected chi connectivity index (χ2v) is 4.71. The summed E-state index contributed by atoms with van der Waals surface area (Å²) in [4.78, 5) is 0. The molecule has 1 aromatic heterocycles. The molecule has 1 fully saturated rings. The number of aryl methyl sites for hydroxylation is 1. The third kappa shape index (κ3) is 3.04. The van der Waals surface area contributed by atoms with E-state index in [1.54, 1.807) is 0 Å². The van der Waals surface area contributed by atoms with Crippen molar-refractivity contribution < 1.29 is 0 Å². The van der Waals surface area contributed by atoms with Crippen molar-refractivity contribution in [3.05, 3.63) is 12.2 Å². The molecule has 1 unspecified atom stereocenters. The molecule has 1 aromatic rings. The molecule has 0 saturated carbocycles. The maximum Gasteiger partial charge on any atom is 0.133 e. The monoisotopic (exact) mass is 222 g/mol. The van der Waals surface area contributed by atoms with Crippen LogP contribution in [0.1, 0.15) is 38.4 Å². The Morgan fingerprint density at radius 1 is 1.50 bits per heavy atom. The smallest absolute Gasteiger partial charge is 0.133 e. The fourth-order valence-corrected chi connectivity index (χ4v) is 2.30. The van der Waals surface area contributed by atoms with Gasteiger partial charge in [-0.05, 0) is 31.8 Å². The summed E-state index contributed by atoms with van der Waals surface area (Å²) in [6, 6.07) is 0. The predicted octanol–water partition coefficient (Wildman–Crippen LogP) is 1.62. The van der Waals surface area contributed by atoms with Gasteiger partial charge >= 0.3 is 0 Å². The first-order valence-corrected chi connectivity index (χ1v) is 6.47. The number of unbranched alkanes of at least 4 members (excludes halogenated alkanes) is 2. The van der Waals surface area contributed by atoms with Crippen LogP contribution in [0.4, 0.5) is 0 Å². The van der Waals surface area contributed by atoms with Crippen molar-refractivity contribution in [1.82, 2.24) is 20.1 Å². The maximum absolute atomic E-state index is 4.24. The Labute approximate surface area is 97.5 Å². The van der Waals surface area contributed by atoms with Gasteiger partial charge in [0.05, 0.1) is 0 Å². The third-order valence-corrected chi connectivity index (χ3v) is 3.33. The molecule has 1 saturated heterocycles. The Bertz CT molecular complexity index is 302. The highest BCUT2D eigenvalue weighted by atomic mass is 15.3. The lowest BCUT2D eigenvalue weighted by Crippen LogP contribution is -2.13. The van der Waals surface area contributed by atoms with Crippen LogP contribution in [-0.2, 0) is 13.0 Å². The molecule has 0 aliphatic carbocycles. The van der Waals surface area contributed by atoms with Gasteiger partial charge < -0.3 is 9.88 Å². The zero-order valence-corrected chi connectivity index (χ0v) is 10.2. The van der Waals surface area contributed by atoms with E-state index < -0.39 is 0 Å². The van der Waals surface area contributed by atoms with E-state index in [2.05, 4.69) is 27.0 Å². The molecule has 0 bridgehead atoms. The van der Waals surface area contributed by atoms with Gasteiger partial charge in [0, 0.05) is 13.0 Å². The molecule has 0 amide bonds. The van der Waals surface area contributed by atoms with E-state index in [0.717, 1.165) is 32.0 Å². The van der Waals surface area contributed by atoms with Crippen LogP contribution in [-0.4, -0.2) is 27.9 Å². The zero-order valence-electron chi connectivity index (χ0n) is 10.2. The van der Waals surface area contributed by atoms with Crippen LogP contribution in [0.15, 0.2) is 6.33 Å². The molecule has 0 aromatic carbocycles. The van der Waals surface area contributed by atoms with Gasteiger partial charge in [0.1, 0.15) is 12.2 Å². The number of rotatable bonds is 6. The summed E-state index contributed by atoms with van der Waals surface area (Å²) < 4.78 is 2.23. The Morgan fingerprint density at radius 2 is 2.44 bits per heavy atom. The van der Waals surface area contributed by atoms with Crippen molar-refractivity contribution in [2.45, 2.75) is 45.6 Å². The van der Waals surface area contributed by atoms with Gasteiger partial charge in [0.2, 0.25) is 0 Å². The molecule has 1 aliphatic heterocycles. The van der Waals surface area contributed by atoms with Gasteiger partial charge in [0.25, 0.3) is 0 Å². The van der Waals surface area contributed by atoms with Crippen molar-refractivity contribution in [3.8, 4) is 0 Å². The van der Waals surface area contributed by atoms with Crippen LogP contribution < -0.4 is 5.32 Å². The van der Waals surface area contributed by atoms with E-state index in [1.165, 1.54) is 31.5 Å². The normalized spacial score (nSPS) is 20.4.